The van der Waals surface area contributed by atoms with Gasteiger partial charge in [0.2, 0.25) is 5.91 Å². The summed E-state index contributed by atoms with van der Waals surface area (Å²) in [5, 5.41) is 2.69. The van der Waals surface area contributed by atoms with E-state index in [0.717, 1.165) is 36.7 Å². The number of piperazine rings is 1. The molecule has 0 bridgehead atoms. The zero-order valence-electron chi connectivity index (χ0n) is 26.0. The van der Waals surface area contributed by atoms with Crippen LogP contribution in [0.4, 0.5) is 5.82 Å². The highest BCUT2D eigenvalue weighted by Crippen LogP contribution is 2.22. The highest BCUT2D eigenvalue weighted by Gasteiger charge is 2.22. The minimum atomic E-state index is -0.277. The molecule has 246 valence electrons. The molecule has 1 aliphatic heterocycles. The third kappa shape index (κ3) is 10.7. The van der Waals surface area contributed by atoms with Crippen LogP contribution in [-0.2, 0) is 18.0 Å². The predicted octanol–water partition coefficient (Wildman–Crippen LogP) is 6.16. The first-order valence-electron chi connectivity index (χ1n) is 15.3. The average molecular weight is 822 g/mol. The van der Waals surface area contributed by atoms with Crippen molar-refractivity contribution in [3.05, 3.63) is 141 Å². The Morgan fingerprint density at radius 2 is 1.46 bits per heavy atom. The molecule has 12 heteroatoms. The third-order valence-electron chi connectivity index (χ3n) is 7.28. The molecule has 1 aliphatic rings. The van der Waals surface area contributed by atoms with Crippen LogP contribution in [0.1, 0.15) is 21.5 Å². The van der Waals surface area contributed by atoms with E-state index in [1.165, 1.54) is 0 Å². The van der Waals surface area contributed by atoms with Gasteiger partial charge in [-0.25, -0.2) is 9.97 Å². The van der Waals surface area contributed by atoms with Crippen LogP contribution in [0.15, 0.2) is 120 Å². The Bertz CT molecular complexity index is 1760. The molecule has 3 aromatic heterocycles. The summed E-state index contributed by atoms with van der Waals surface area (Å²) in [6.07, 6.45) is 5.03. The highest BCUT2D eigenvalue weighted by atomic mass is 127. The van der Waals surface area contributed by atoms with Gasteiger partial charge in [-0.1, -0.05) is 60.7 Å². The summed E-state index contributed by atoms with van der Waals surface area (Å²) in [4.78, 5) is 41.3. The zero-order chi connectivity index (χ0) is 33.6. The Labute approximate surface area is 301 Å². The van der Waals surface area contributed by atoms with Crippen LogP contribution < -0.4 is 19.7 Å². The number of halogens is 2. The quantitative estimate of drug-likeness (QED) is 0.132. The van der Waals surface area contributed by atoms with Crippen molar-refractivity contribution in [1.82, 2.24) is 25.2 Å². The van der Waals surface area contributed by atoms with E-state index in [4.69, 9.17) is 9.47 Å². The maximum Gasteiger partial charge on any atom is 0.251 e. The standard InChI is InChI=1S/C24H24IN5O3.C12H10BrNO/c25-21-14-19(8-9-26-21)24(32)28-16-23(31)30-12-10-29(11-13-30)22-7-6-20(15-27-22)33-17-18-4-2-1-3-5-18;13-12-11(7-4-8-14-12)15-9-10-5-2-1-3-6-10/h1-9,14-15H,10-13,16-17H2,(H,28,32);1-8H,9H2. The fourth-order valence-electron chi connectivity index (χ4n) is 4.70. The van der Waals surface area contributed by atoms with Crippen molar-refractivity contribution < 1.29 is 19.1 Å². The molecular weight excluding hydrogens is 787 g/mol. The Morgan fingerprint density at radius 1 is 0.771 bits per heavy atom. The summed E-state index contributed by atoms with van der Waals surface area (Å²) in [5.74, 6) is 1.97. The molecule has 1 fully saturated rings. The van der Waals surface area contributed by atoms with Gasteiger partial charge in [-0.3, -0.25) is 14.6 Å². The van der Waals surface area contributed by atoms with E-state index in [1.54, 1.807) is 35.6 Å². The van der Waals surface area contributed by atoms with Crippen LogP contribution in [0.25, 0.3) is 0 Å². The number of nitrogens with one attached hydrogen (secondary N) is 1. The van der Waals surface area contributed by atoms with Crippen molar-refractivity contribution in [2.24, 2.45) is 0 Å². The maximum atomic E-state index is 12.5. The van der Waals surface area contributed by atoms with Gasteiger partial charge < -0.3 is 24.6 Å². The SMILES string of the molecule is Brc1ncccc1OCc1ccccc1.O=C(NCC(=O)N1CCN(c2ccc(OCc3ccccc3)cn2)CC1)c1ccnc(I)c1. The molecule has 0 spiro atoms. The first kappa shape index (κ1) is 34.8. The number of carbonyl (C=O) groups excluding carboxylic acids is 2. The van der Waals surface area contributed by atoms with Crippen molar-refractivity contribution in [3.8, 4) is 11.5 Å². The molecule has 0 unspecified atom stereocenters. The highest BCUT2D eigenvalue weighted by molar-refractivity contribution is 14.1. The van der Waals surface area contributed by atoms with Crippen molar-refractivity contribution in [3.63, 3.8) is 0 Å². The van der Waals surface area contributed by atoms with Gasteiger partial charge in [0.05, 0.1) is 12.7 Å². The monoisotopic (exact) mass is 820 g/mol. The fraction of sp³-hybridized carbons (Fsp3) is 0.194. The number of anilines is 1. The molecule has 6 rings (SSSR count). The van der Waals surface area contributed by atoms with Crippen molar-refractivity contribution >= 4 is 56.2 Å². The smallest absolute Gasteiger partial charge is 0.251 e. The molecule has 0 saturated carbocycles. The molecule has 2 aromatic carbocycles. The molecule has 4 heterocycles. The largest absolute Gasteiger partial charge is 0.487 e. The van der Waals surface area contributed by atoms with Crippen molar-refractivity contribution in [2.45, 2.75) is 13.2 Å². The average Bonchev–Trinajstić information content (AvgIpc) is 3.14. The number of amides is 2. The summed E-state index contributed by atoms with van der Waals surface area (Å²) in [7, 11) is 0. The number of nitrogens with zero attached hydrogens (tertiary/aromatic N) is 5. The van der Waals surface area contributed by atoms with Crippen LogP contribution >= 0.6 is 38.5 Å². The van der Waals surface area contributed by atoms with Gasteiger partial charge in [-0.2, -0.15) is 0 Å². The lowest BCUT2D eigenvalue weighted by Gasteiger charge is -2.35. The second-order valence-corrected chi connectivity index (χ2v) is 12.5. The topological polar surface area (TPSA) is 110 Å². The number of pyridine rings is 3. The van der Waals surface area contributed by atoms with Gasteiger partial charge in [-0.15, -0.1) is 0 Å². The van der Waals surface area contributed by atoms with Gasteiger partial charge in [0, 0.05) is 44.1 Å². The van der Waals surface area contributed by atoms with E-state index in [0.29, 0.717) is 45.0 Å². The van der Waals surface area contributed by atoms with Gasteiger partial charge in [0.15, 0.2) is 5.75 Å². The van der Waals surface area contributed by atoms with E-state index in [-0.39, 0.29) is 18.4 Å². The molecule has 48 heavy (non-hydrogen) atoms. The molecule has 1 N–H and O–H groups in total. The Balaban J connectivity index is 0.000000250. The van der Waals surface area contributed by atoms with E-state index in [1.807, 2.05) is 108 Å². The molecule has 5 aromatic rings. The summed E-state index contributed by atoms with van der Waals surface area (Å²) < 4.78 is 12.9. The number of ether oxygens (including phenoxy) is 2. The normalized spacial score (nSPS) is 12.4. The van der Waals surface area contributed by atoms with Crippen molar-refractivity contribution in [2.75, 3.05) is 37.6 Å². The van der Waals surface area contributed by atoms with Gasteiger partial charge in [0.25, 0.3) is 5.91 Å². The van der Waals surface area contributed by atoms with Crippen LogP contribution in [0, 0.1) is 3.70 Å². The predicted molar refractivity (Wildman–Crippen MR) is 196 cm³/mol. The number of carbonyl (C=O) groups is 2. The summed E-state index contributed by atoms with van der Waals surface area (Å²) in [5.41, 5.74) is 2.75. The lowest BCUT2D eigenvalue weighted by molar-refractivity contribution is -0.130. The maximum absolute atomic E-state index is 12.5. The Kier molecular flexibility index (Phi) is 13.1. The van der Waals surface area contributed by atoms with Gasteiger partial charge in [0.1, 0.15) is 33.1 Å². The number of hydrogen-bond donors (Lipinski definition) is 1. The van der Waals surface area contributed by atoms with E-state index < -0.39 is 0 Å². The lowest BCUT2D eigenvalue weighted by atomic mass is 10.2. The molecule has 0 atom stereocenters. The van der Waals surface area contributed by atoms with Crippen LogP contribution in [0.5, 0.6) is 11.5 Å². The third-order valence-corrected chi connectivity index (χ3v) is 8.46. The number of hydrogen-bond acceptors (Lipinski definition) is 8. The first-order chi connectivity index (χ1) is 23.4. The summed E-state index contributed by atoms with van der Waals surface area (Å²) >= 11 is 5.38. The first-order valence-corrected chi connectivity index (χ1v) is 17.1. The summed E-state index contributed by atoms with van der Waals surface area (Å²) in [6.45, 7) is 3.55. The van der Waals surface area contributed by atoms with E-state index in [2.05, 4.69) is 41.1 Å². The second-order valence-electron chi connectivity index (χ2n) is 10.6. The molecule has 0 aliphatic carbocycles. The van der Waals surface area contributed by atoms with Crippen LogP contribution in [0.3, 0.4) is 0 Å². The molecule has 0 radical (unpaired) electrons. The van der Waals surface area contributed by atoms with E-state index >= 15 is 0 Å². The number of aromatic nitrogens is 3. The lowest BCUT2D eigenvalue weighted by Crippen LogP contribution is -2.51. The Hall–Kier alpha value is -4.56. The van der Waals surface area contributed by atoms with Gasteiger partial charge in [-0.05, 0) is 86.0 Å². The fourth-order valence-corrected chi connectivity index (χ4v) is 5.56. The van der Waals surface area contributed by atoms with Crippen molar-refractivity contribution in [1.29, 1.82) is 0 Å². The molecule has 10 nitrogen and oxygen atoms in total. The zero-order valence-corrected chi connectivity index (χ0v) is 29.8. The van der Waals surface area contributed by atoms with Crippen LogP contribution in [0.2, 0.25) is 0 Å². The molecule has 2 amide bonds. The molecular formula is C36H34BrIN6O4. The Morgan fingerprint density at radius 3 is 2.08 bits per heavy atom. The molecule has 1 saturated heterocycles. The second kappa shape index (κ2) is 18.1. The summed E-state index contributed by atoms with van der Waals surface area (Å²) in [6, 6.07) is 31.0. The number of benzene rings is 2. The minimum absolute atomic E-state index is 0.0244. The number of rotatable bonds is 10. The minimum Gasteiger partial charge on any atom is -0.487 e. The van der Waals surface area contributed by atoms with Crippen LogP contribution in [-0.4, -0.2) is 64.4 Å². The van der Waals surface area contributed by atoms with E-state index in [9.17, 15) is 9.59 Å². The van der Waals surface area contributed by atoms with Gasteiger partial charge >= 0.3 is 0 Å².